The molecule has 122 valence electrons. The number of aromatic amines is 1. The summed E-state index contributed by atoms with van der Waals surface area (Å²) < 4.78 is 0. The highest BCUT2D eigenvalue weighted by molar-refractivity contribution is 7.99. The summed E-state index contributed by atoms with van der Waals surface area (Å²) in [6, 6.07) is 17.1. The van der Waals surface area contributed by atoms with Gasteiger partial charge in [0.15, 0.2) is 0 Å². The minimum Gasteiger partial charge on any atom is -0.324 e. The molecule has 3 rings (SSSR count). The average molecular weight is 359 g/mol. The van der Waals surface area contributed by atoms with Crippen molar-refractivity contribution >= 4 is 35.0 Å². The zero-order chi connectivity index (χ0) is 16.8. The highest BCUT2D eigenvalue weighted by atomic mass is 35.5. The molecule has 0 radical (unpaired) electrons. The number of nitrogens with zero attached hydrogens (tertiary/aromatic N) is 2. The molecule has 0 saturated carbocycles. The van der Waals surface area contributed by atoms with E-state index in [1.807, 2.05) is 42.5 Å². The van der Waals surface area contributed by atoms with Crippen LogP contribution in [0.5, 0.6) is 0 Å². The molecule has 0 fully saturated rings. The Balaban J connectivity index is 1.52. The van der Waals surface area contributed by atoms with E-state index in [1.165, 1.54) is 11.8 Å². The van der Waals surface area contributed by atoms with Gasteiger partial charge in [-0.05, 0) is 17.7 Å². The SMILES string of the molecule is O=C(CSc1n[nH]c(Cc2ccccc2)n1)Nc1ccccc1Cl. The molecule has 7 heteroatoms. The molecule has 0 aliphatic rings. The van der Waals surface area contributed by atoms with Crippen molar-refractivity contribution in [3.05, 3.63) is 71.0 Å². The van der Waals surface area contributed by atoms with Gasteiger partial charge in [0.05, 0.1) is 16.5 Å². The first-order valence-corrected chi connectivity index (χ1v) is 8.69. The molecular weight excluding hydrogens is 344 g/mol. The Kier molecular flexibility index (Phi) is 5.51. The van der Waals surface area contributed by atoms with E-state index in [9.17, 15) is 4.79 Å². The minimum absolute atomic E-state index is 0.150. The summed E-state index contributed by atoms with van der Waals surface area (Å²) in [5.41, 5.74) is 1.76. The second-order valence-corrected chi connectivity index (χ2v) is 6.39. The molecule has 0 spiro atoms. The van der Waals surface area contributed by atoms with E-state index in [2.05, 4.69) is 20.5 Å². The van der Waals surface area contributed by atoms with Gasteiger partial charge in [-0.2, -0.15) is 0 Å². The summed E-state index contributed by atoms with van der Waals surface area (Å²) in [5.74, 6) is 0.839. The smallest absolute Gasteiger partial charge is 0.234 e. The van der Waals surface area contributed by atoms with Gasteiger partial charge in [-0.3, -0.25) is 9.89 Å². The Morgan fingerprint density at radius 1 is 1.12 bits per heavy atom. The van der Waals surface area contributed by atoms with Crippen LogP contribution in [-0.2, 0) is 11.2 Å². The lowest BCUT2D eigenvalue weighted by atomic mass is 10.1. The number of benzene rings is 2. The van der Waals surface area contributed by atoms with Gasteiger partial charge in [-0.15, -0.1) is 5.10 Å². The Morgan fingerprint density at radius 2 is 1.88 bits per heavy atom. The molecular formula is C17H15ClN4OS. The fraction of sp³-hybridized carbons (Fsp3) is 0.118. The van der Waals surface area contributed by atoms with E-state index in [0.29, 0.717) is 22.3 Å². The van der Waals surface area contributed by atoms with Crippen LogP contribution in [0.25, 0.3) is 0 Å². The lowest BCUT2D eigenvalue weighted by Crippen LogP contribution is -2.14. The van der Waals surface area contributed by atoms with E-state index in [4.69, 9.17) is 11.6 Å². The number of thioether (sulfide) groups is 1. The fourth-order valence-electron chi connectivity index (χ4n) is 2.09. The number of nitrogens with one attached hydrogen (secondary N) is 2. The highest BCUT2D eigenvalue weighted by Crippen LogP contribution is 2.21. The van der Waals surface area contributed by atoms with Gasteiger partial charge in [-0.1, -0.05) is 65.8 Å². The molecule has 0 aliphatic heterocycles. The predicted molar refractivity (Wildman–Crippen MR) is 96.4 cm³/mol. The van der Waals surface area contributed by atoms with Gasteiger partial charge >= 0.3 is 0 Å². The number of carbonyl (C=O) groups excluding carboxylic acids is 1. The van der Waals surface area contributed by atoms with Crippen molar-refractivity contribution in [2.24, 2.45) is 0 Å². The molecule has 1 aromatic heterocycles. The summed E-state index contributed by atoms with van der Waals surface area (Å²) in [6.07, 6.45) is 0.681. The van der Waals surface area contributed by atoms with Gasteiger partial charge in [0.1, 0.15) is 5.82 Å². The first-order valence-electron chi connectivity index (χ1n) is 7.33. The number of rotatable bonds is 6. The van der Waals surface area contributed by atoms with Crippen molar-refractivity contribution in [1.29, 1.82) is 0 Å². The standard InChI is InChI=1S/C17H15ClN4OS/c18-13-8-4-5-9-14(13)19-16(23)11-24-17-20-15(21-22-17)10-12-6-2-1-3-7-12/h1-9H,10-11H2,(H,19,23)(H,20,21,22). The maximum Gasteiger partial charge on any atom is 0.234 e. The van der Waals surface area contributed by atoms with Crippen LogP contribution >= 0.6 is 23.4 Å². The van der Waals surface area contributed by atoms with Gasteiger partial charge in [0, 0.05) is 6.42 Å². The molecule has 2 aromatic carbocycles. The highest BCUT2D eigenvalue weighted by Gasteiger charge is 2.09. The summed E-state index contributed by atoms with van der Waals surface area (Å²) in [5, 5.41) is 10.9. The van der Waals surface area contributed by atoms with Crippen LogP contribution in [0.3, 0.4) is 0 Å². The van der Waals surface area contributed by atoms with Crippen LogP contribution in [0.2, 0.25) is 5.02 Å². The largest absolute Gasteiger partial charge is 0.324 e. The molecule has 0 atom stereocenters. The van der Waals surface area contributed by atoms with Crippen molar-refractivity contribution in [3.63, 3.8) is 0 Å². The zero-order valence-electron chi connectivity index (χ0n) is 12.7. The first kappa shape index (κ1) is 16.5. The van der Waals surface area contributed by atoms with Crippen molar-refractivity contribution in [2.75, 3.05) is 11.1 Å². The van der Waals surface area contributed by atoms with Crippen LogP contribution in [-0.4, -0.2) is 26.8 Å². The van der Waals surface area contributed by atoms with E-state index in [0.717, 1.165) is 11.4 Å². The van der Waals surface area contributed by atoms with Crippen LogP contribution < -0.4 is 5.32 Å². The number of H-pyrrole nitrogens is 1. The number of aromatic nitrogens is 3. The van der Waals surface area contributed by atoms with Gasteiger partial charge in [0.2, 0.25) is 11.1 Å². The number of hydrogen-bond donors (Lipinski definition) is 2. The fourth-order valence-corrected chi connectivity index (χ4v) is 2.89. The van der Waals surface area contributed by atoms with Crippen molar-refractivity contribution < 1.29 is 4.79 Å². The molecule has 0 bridgehead atoms. The summed E-state index contributed by atoms with van der Waals surface area (Å²) in [4.78, 5) is 16.4. The Labute approximate surface area is 148 Å². The van der Waals surface area contributed by atoms with Crippen molar-refractivity contribution in [1.82, 2.24) is 15.2 Å². The number of anilines is 1. The number of para-hydroxylation sites is 1. The number of hydrogen-bond acceptors (Lipinski definition) is 4. The van der Waals surface area contributed by atoms with Crippen LogP contribution in [0.1, 0.15) is 11.4 Å². The molecule has 5 nitrogen and oxygen atoms in total. The van der Waals surface area contributed by atoms with Gasteiger partial charge in [0.25, 0.3) is 0 Å². The normalized spacial score (nSPS) is 10.5. The van der Waals surface area contributed by atoms with Crippen LogP contribution in [0, 0.1) is 0 Å². The van der Waals surface area contributed by atoms with E-state index in [-0.39, 0.29) is 11.7 Å². The molecule has 2 N–H and O–H groups in total. The van der Waals surface area contributed by atoms with Crippen LogP contribution in [0.15, 0.2) is 59.8 Å². The summed E-state index contributed by atoms with van der Waals surface area (Å²) >= 11 is 7.29. The van der Waals surface area contributed by atoms with E-state index < -0.39 is 0 Å². The third kappa shape index (κ3) is 4.59. The number of carbonyl (C=O) groups is 1. The van der Waals surface area contributed by atoms with Gasteiger partial charge in [-0.25, -0.2) is 4.98 Å². The second kappa shape index (κ2) is 7.99. The lowest BCUT2D eigenvalue weighted by Gasteiger charge is -2.05. The molecule has 0 unspecified atom stereocenters. The molecule has 1 amide bonds. The molecule has 0 saturated heterocycles. The van der Waals surface area contributed by atoms with Gasteiger partial charge < -0.3 is 5.32 Å². The maximum absolute atomic E-state index is 12.0. The monoisotopic (exact) mass is 358 g/mol. The molecule has 0 aliphatic carbocycles. The number of amides is 1. The summed E-state index contributed by atoms with van der Waals surface area (Å²) in [6.45, 7) is 0. The topological polar surface area (TPSA) is 70.7 Å². The Bertz CT molecular complexity index is 822. The molecule has 24 heavy (non-hydrogen) atoms. The Hall–Kier alpha value is -2.31. The molecule has 3 aromatic rings. The second-order valence-electron chi connectivity index (χ2n) is 5.04. The van der Waals surface area contributed by atoms with Crippen molar-refractivity contribution in [2.45, 2.75) is 11.6 Å². The number of halogens is 1. The summed E-state index contributed by atoms with van der Waals surface area (Å²) in [7, 11) is 0. The van der Waals surface area contributed by atoms with E-state index >= 15 is 0 Å². The van der Waals surface area contributed by atoms with E-state index in [1.54, 1.807) is 12.1 Å². The lowest BCUT2D eigenvalue weighted by molar-refractivity contribution is -0.113. The third-order valence-corrected chi connectivity index (χ3v) is 4.38. The van der Waals surface area contributed by atoms with Crippen molar-refractivity contribution in [3.8, 4) is 0 Å². The average Bonchev–Trinajstić information content (AvgIpc) is 3.03. The molecule has 1 heterocycles. The third-order valence-electron chi connectivity index (χ3n) is 3.21. The minimum atomic E-state index is -0.150. The Morgan fingerprint density at radius 3 is 2.67 bits per heavy atom. The zero-order valence-corrected chi connectivity index (χ0v) is 14.3. The maximum atomic E-state index is 12.0. The van der Waals surface area contributed by atoms with Crippen LogP contribution in [0.4, 0.5) is 5.69 Å². The quantitative estimate of drug-likeness (QED) is 0.658. The predicted octanol–water partition coefficient (Wildman–Crippen LogP) is 3.78. The first-order chi connectivity index (χ1) is 11.7.